The summed E-state index contributed by atoms with van der Waals surface area (Å²) in [6.07, 6.45) is 4.58. The van der Waals surface area contributed by atoms with E-state index in [-0.39, 0.29) is 11.8 Å². The van der Waals surface area contributed by atoms with Crippen LogP contribution in [0.25, 0.3) is 0 Å². The van der Waals surface area contributed by atoms with Crippen LogP contribution in [0.3, 0.4) is 0 Å². The number of aryl methyl sites for hydroxylation is 1. The second-order valence-electron chi connectivity index (χ2n) is 6.23. The molecule has 1 heterocycles. The maximum Gasteiger partial charge on any atom is 0.235 e. The van der Waals surface area contributed by atoms with E-state index in [4.69, 9.17) is 0 Å². The van der Waals surface area contributed by atoms with Gasteiger partial charge in [-0.3, -0.25) is 14.6 Å². The first kappa shape index (κ1) is 16.2. The van der Waals surface area contributed by atoms with Crippen LogP contribution in [0.4, 0.5) is 0 Å². The minimum atomic E-state index is -0.893. The average molecular weight is 323 g/mol. The molecule has 1 saturated carbocycles. The molecule has 0 spiro atoms. The molecule has 0 bridgehead atoms. The number of hydrogen-bond donors (Lipinski definition) is 2. The molecule has 0 saturated heterocycles. The van der Waals surface area contributed by atoms with E-state index in [2.05, 4.69) is 15.6 Å². The Morgan fingerprint density at radius 3 is 2.25 bits per heavy atom. The van der Waals surface area contributed by atoms with Gasteiger partial charge in [-0.2, -0.15) is 0 Å². The molecular weight excluding hydrogens is 302 g/mol. The van der Waals surface area contributed by atoms with Gasteiger partial charge in [0.2, 0.25) is 11.8 Å². The molecule has 0 unspecified atom stereocenters. The van der Waals surface area contributed by atoms with Gasteiger partial charge in [-0.15, -0.1) is 0 Å². The average Bonchev–Trinajstić information content (AvgIpc) is 3.41. The highest BCUT2D eigenvalue weighted by Crippen LogP contribution is 2.46. The lowest BCUT2D eigenvalue weighted by atomic mass is 10.0. The van der Waals surface area contributed by atoms with Gasteiger partial charge in [-0.25, -0.2) is 0 Å². The van der Waals surface area contributed by atoms with Crippen LogP contribution in [-0.4, -0.2) is 16.8 Å². The molecule has 1 aromatic heterocycles. The maximum absolute atomic E-state index is 12.5. The third-order valence-corrected chi connectivity index (χ3v) is 4.52. The molecule has 0 aliphatic heterocycles. The number of pyridine rings is 1. The van der Waals surface area contributed by atoms with E-state index in [0.29, 0.717) is 25.9 Å². The molecule has 1 fully saturated rings. The zero-order valence-electron chi connectivity index (χ0n) is 13.7. The molecule has 1 aliphatic carbocycles. The first-order chi connectivity index (χ1) is 11.6. The van der Waals surface area contributed by atoms with Gasteiger partial charge in [-0.05, 0) is 48.6 Å². The van der Waals surface area contributed by atoms with Gasteiger partial charge in [0, 0.05) is 25.5 Å². The number of benzene rings is 1. The fraction of sp³-hybridized carbons (Fsp3) is 0.316. The quantitative estimate of drug-likeness (QED) is 0.800. The molecule has 1 aromatic carbocycles. The first-order valence-corrected chi connectivity index (χ1v) is 8.12. The number of aromatic nitrogens is 1. The Bertz CT molecular complexity index is 739. The number of carbonyl (C=O) groups excluding carboxylic acids is 2. The monoisotopic (exact) mass is 323 g/mol. The predicted octanol–water partition coefficient (Wildman–Crippen LogP) is 2.10. The lowest BCUT2D eigenvalue weighted by Gasteiger charge is -2.16. The first-order valence-electron chi connectivity index (χ1n) is 8.12. The highest BCUT2D eigenvalue weighted by atomic mass is 16.2. The van der Waals surface area contributed by atoms with Crippen molar-refractivity contribution in [3.8, 4) is 0 Å². The van der Waals surface area contributed by atoms with Crippen LogP contribution >= 0.6 is 0 Å². The highest BCUT2D eigenvalue weighted by Gasteiger charge is 2.56. The Morgan fingerprint density at radius 1 is 1.00 bits per heavy atom. The van der Waals surface area contributed by atoms with E-state index >= 15 is 0 Å². The fourth-order valence-corrected chi connectivity index (χ4v) is 2.69. The van der Waals surface area contributed by atoms with Gasteiger partial charge in [0.25, 0.3) is 0 Å². The Balaban J connectivity index is 1.56. The van der Waals surface area contributed by atoms with Gasteiger partial charge in [0.05, 0.1) is 0 Å². The molecule has 5 heteroatoms. The zero-order valence-corrected chi connectivity index (χ0v) is 13.7. The van der Waals surface area contributed by atoms with E-state index in [0.717, 1.165) is 16.7 Å². The van der Waals surface area contributed by atoms with Crippen molar-refractivity contribution >= 4 is 11.8 Å². The Labute approximate surface area is 141 Å². The van der Waals surface area contributed by atoms with Crippen molar-refractivity contribution in [3.63, 3.8) is 0 Å². The van der Waals surface area contributed by atoms with Crippen LogP contribution in [0.5, 0.6) is 0 Å². The van der Waals surface area contributed by atoms with Crippen molar-refractivity contribution in [2.75, 3.05) is 0 Å². The minimum Gasteiger partial charge on any atom is -0.351 e. The van der Waals surface area contributed by atoms with Crippen LogP contribution in [-0.2, 0) is 22.7 Å². The van der Waals surface area contributed by atoms with Crippen LogP contribution in [0.15, 0.2) is 48.8 Å². The summed E-state index contributed by atoms with van der Waals surface area (Å²) in [6, 6.07) is 11.6. The Hall–Kier alpha value is -2.69. The SMILES string of the molecule is Cc1ccccc1CNC(=O)C1(C(=O)NCc2ccncc2)CC1. The van der Waals surface area contributed by atoms with Gasteiger partial charge < -0.3 is 10.6 Å². The number of nitrogens with zero attached hydrogens (tertiary/aromatic N) is 1. The lowest BCUT2D eigenvalue weighted by Crippen LogP contribution is -2.42. The van der Waals surface area contributed by atoms with E-state index in [1.807, 2.05) is 43.3 Å². The van der Waals surface area contributed by atoms with Crippen molar-refractivity contribution in [1.82, 2.24) is 15.6 Å². The van der Waals surface area contributed by atoms with Crippen LogP contribution < -0.4 is 10.6 Å². The second-order valence-corrected chi connectivity index (χ2v) is 6.23. The van der Waals surface area contributed by atoms with Crippen molar-refractivity contribution in [1.29, 1.82) is 0 Å². The molecule has 2 amide bonds. The summed E-state index contributed by atoms with van der Waals surface area (Å²) in [5.74, 6) is -0.375. The van der Waals surface area contributed by atoms with E-state index < -0.39 is 5.41 Å². The summed E-state index contributed by atoms with van der Waals surface area (Å²) in [5.41, 5.74) is 2.27. The molecule has 1 aliphatic rings. The van der Waals surface area contributed by atoms with Gasteiger partial charge >= 0.3 is 0 Å². The predicted molar refractivity (Wildman–Crippen MR) is 90.8 cm³/mol. The largest absolute Gasteiger partial charge is 0.351 e. The smallest absolute Gasteiger partial charge is 0.235 e. The summed E-state index contributed by atoms with van der Waals surface area (Å²) < 4.78 is 0. The number of hydrogen-bond acceptors (Lipinski definition) is 3. The van der Waals surface area contributed by atoms with Crippen molar-refractivity contribution in [2.45, 2.75) is 32.9 Å². The van der Waals surface area contributed by atoms with Gasteiger partial charge in [0.15, 0.2) is 0 Å². The molecule has 3 rings (SSSR count). The topological polar surface area (TPSA) is 71.1 Å². The third-order valence-electron chi connectivity index (χ3n) is 4.52. The molecule has 0 atom stereocenters. The molecule has 2 aromatic rings. The normalized spacial score (nSPS) is 14.7. The number of nitrogens with one attached hydrogen (secondary N) is 2. The fourth-order valence-electron chi connectivity index (χ4n) is 2.69. The number of rotatable bonds is 6. The Morgan fingerprint density at radius 2 is 1.62 bits per heavy atom. The molecule has 24 heavy (non-hydrogen) atoms. The summed E-state index contributed by atoms with van der Waals surface area (Å²) in [7, 11) is 0. The Kier molecular flexibility index (Phi) is 4.60. The summed E-state index contributed by atoms with van der Waals surface area (Å²) in [5, 5.41) is 5.78. The van der Waals surface area contributed by atoms with Gasteiger partial charge in [0.1, 0.15) is 5.41 Å². The highest BCUT2D eigenvalue weighted by molar-refractivity contribution is 6.07. The number of carbonyl (C=O) groups is 2. The van der Waals surface area contributed by atoms with Crippen molar-refractivity contribution < 1.29 is 9.59 Å². The molecule has 0 radical (unpaired) electrons. The van der Waals surface area contributed by atoms with Gasteiger partial charge in [-0.1, -0.05) is 24.3 Å². The maximum atomic E-state index is 12.5. The number of amides is 2. The lowest BCUT2D eigenvalue weighted by molar-refractivity contribution is -0.137. The summed E-state index contributed by atoms with van der Waals surface area (Å²) >= 11 is 0. The third kappa shape index (κ3) is 3.45. The van der Waals surface area contributed by atoms with Crippen molar-refractivity contribution in [2.24, 2.45) is 5.41 Å². The molecule has 124 valence electrons. The minimum absolute atomic E-state index is 0.182. The molecule has 2 N–H and O–H groups in total. The van der Waals surface area contributed by atoms with E-state index in [9.17, 15) is 9.59 Å². The molecular formula is C19H21N3O2. The second kappa shape index (κ2) is 6.83. The van der Waals surface area contributed by atoms with Crippen LogP contribution in [0.1, 0.15) is 29.5 Å². The summed E-state index contributed by atoms with van der Waals surface area (Å²) in [4.78, 5) is 28.9. The van der Waals surface area contributed by atoms with E-state index in [1.54, 1.807) is 12.4 Å². The van der Waals surface area contributed by atoms with Crippen molar-refractivity contribution in [3.05, 3.63) is 65.5 Å². The standard InChI is InChI=1S/C19H21N3O2/c1-14-4-2-3-5-16(14)13-22-18(24)19(8-9-19)17(23)21-12-15-6-10-20-11-7-15/h2-7,10-11H,8-9,12-13H2,1H3,(H,21,23)(H,22,24). The van der Waals surface area contributed by atoms with Crippen LogP contribution in [0.2, 0.25) is 0 Å². The molecule has 5 nitrogen and oxygen atoms in total. The van der Waals surface area contributed by atoms with E-state index in [1.165, 1.54) is 0 Å². The van der Waals surface area contributed by atoms with Crippen LogP contribution in [0, 0.1) is 12.3 Å². The summed E-state index contributed by atoms with van der Waals surface area (Å²) in [6.45, 7) is 2.87. The zero-order chi connectivity index (χ0) is 17.0.